The van der Waals surface area contributed by atoms with Gasteiger partial charge in [-0.25, -0.2) is 4.79 Å². The first-order valence-corrected chi connectivity index (χ1v) is 6.15. The molecule has 0 saturated heterocycles. The number of nitrogens with zero attached hydrogens (tertiary/aromatic N) is 1. The Morgan fingerprint density at radius 1 is 1.47 bits per heavy atom. The van der Waals surface area contributed by atoms with Crippen LogP contribution >= 0.6 is 0 Å². The van der Waals surface area contributed by atoms with Gasteiger partial charge in [0.25, 0.3) is 0 Å². The number of carbonyl (C=O) groups excluding carboxylic acids is 1. The number of rotatable bonds is 7. The van der Waals surface area contributed by atoms with E-state index in [1.165, 1.54) is 0 Å². The minimum Gasteiger partial charge on any atom is -0.464 e. The summed E-state index contributed by atoms with van der Waals surface area (Å²) in [5.41, 5.74) is 2.57. The number of hydrogen-bond acceptors (Lipinski definition) is 5. The second-order valence-corrected chi connectivity index (χ2v) is 3.93. The molecule has 0 bridgehead atoms. The third kappa shape index (κ3) is 5.40. The molecule has 0 aromatic heterocycles. The van der Waals surface area contributed by atoms with Crippen LogP contribution in [0, 0.1) is 18.3 Å². The molecule has 0 aliphatic heterocycles. The summed E-state index contributed by atoms with van der Waals surface area (Å²) < 4.78 is 9.90. The highest BCUT2D eigenvalue weighted by atomic mass is 16.6. The molecule has 1 N–H and O–H groups in total. The molecule has 0 saturated carbocycles. The number of nitrogens with one attached hydrogen (secondary N) is 1. The van der Waals surface area contributed by atoms with E-state index < -0.39 is 0 Å². The van der Waals surface area contributed by atoms with Gasteiger partial charge in [-0.2, -0.15) is 5.26 Å². The van der Waals surface area contributed by atoms with Crippen molar-refractivity contribution in [3.63, 3.8) is 0 Å². The predicted molar refractivity (Wildman–Crippen MR) is 71.8 cm³/mol. The Labute approximate surface area is 113 Å². The fraction of sp³-hybridized carbons (Fsp3) is 0.429. The zero-order chi connectivity index (χ0) is 14.1. The van der Waals surface area contributed by atoms with Gasteiger partial charge in [0, 0.05) is 12.2 Å². The number of nitriles is 1. The van der Waals surface area contributed by atoms with Gasteiger partial charge in [-0.3, -0.25) is 0 Å². The van der Waals surface area contributed by atoms with E-state index in [0.29, 0.717) is 25.3 Å². The van der Waals surface area contributed by atoms with Gasteiger partial charge < -0.3 is 14.8 Å². The first-order chi connectivity index (χ1) is 9.17. The summed E-state index contributed by atoms with van der Waals surface area (Å²) in [5.74, 6) is -0.356. The summed E-state index contributed by atoms with van der Waals surface area (Å²) in [5, 5.41) is 12.0. The van der Waals surface area contributed by atoms with Crippen molar-refractivity contribution in [3.8, 4) is 6.07 Å². The number of benzene rings is 1. The van der Waals surface area contributed by atoms with Crippen molar-refractivity contribution in [3.05, 3.63) is 29.3 Å². The van der Waals surface area contributed by atoms with Crippen molar-refractivity contribution in [2.24, 2.45) is 0 Å². The highest BCUT2D eigenvalue weighted by Gasteiger charge is 2.02. The van der Waals surface area contributed by atoms with Crippen LogP contribution < -0.4 is 5.32 Å². The molecule has 5 nitrogen and oxygen atoms in total. The SMILES string of the molecule is CCOC(=O)COCCNc1cc(C#N)ccc1C. The monoisotopic (exact) mass is 262 g/mol. The number of esters is 1. The van der Waals surface area contributed by atoms with Crippen molar-refractivity contribution in [1.29, 1.82) is 5.26 Å². The number of ether oxygens (including phenoxy) is 2. The standard InChI is InChI=1S/C14H18N2O3/c1-3-19-14(17)10-18-7-6-16-13-8-12(9-15)5-4-11(13)2/h4-5,8,16H,3,6-7,10H2,1-2H3. The average molecular weight is 262 g/mol. The Morgan fingerprint density at radius 2 is 2.26 bits per heavy atom. The van der Waals surface area contributed by atoms with Gasteiger partial charge in [0.1, 0.15) is 6.61 Å². The molecule has 0 atom stereocenters. The summed E-state index contributed by atoms with van der Waals surface area (Å²) in [6.45, 7) is 5.00. The molecule has 1 aromatic rings. The average Bonchev–Trinajstić information content (AvgIpc) is 2.40. The third-order valence-electron chi connectivity index (χ3n) is 2.45. The topological polar surface area (TPSA) is 71.3 Å². The van der Waals surface area contributed by atoms with E-state index in [1.54, 1.807) is 19.1 Å². The third-order valence-corrected chi connectivity index (χ3v) is 2.45. The fourth-order valence-electron chi connectivity index (χ4n) is 1.50. The molecule has 0 spiro atoms. The first-order valence-electron chi connectivity index (χ1n) is 6.15. The summed E-state index contributed by atoms with van der Waals surface area (Å²) in [4.78, 5) is 11.0. The summed E-state index contributed by atoms with van der Waals surface area (Å²) >= 11 is 0. The van der Waals surface area contributed by atoms with Crippen LogP contribution in [0.1, 0.15) is 18.1 Å². The minimum absolute atomic E-state index is 0.0350. The van der Waals surface area contributed by atoms with Crippen molar-refractivity contribution < 1.29 is 14.3 Å². The molecule has 1 rings (SSSR count). The largest absolute Gasteiger partial charge is 0.464 e. The van der Waals surface area contributed by atoms with Gasteiger partial charge in [-0.15, -0.1) is 0 Å². The van der Waals surface area contributed by atoms with Crippen molar-refractivity contribution in [2.75, 3.05) is 31.7 Å². The molecular weight excluding hydrogens is 244 g/mol. The van der Waals surface area contributed by atoms with Crippen LogP contribution in [-0.4, -0.2) is 32.3 Å². The first kappa shape index (κ1) is 15.0. The smallest absolute Gasteiger partial charge is 0.332 e. The van der Waals surface area contributed by atoms with Gasteiger partial charge in [0.05, 0.1) is 24.8 Å². The molecular formula is C14H18N2O3. The fourth-order valence-corrected chi connectivity index (χ4v) is 1.50. The van der Waals surface area contributed by atoms with Gasteiger partial charge in [-0.05, 0) is 31.5 Å². The normalized spacial score (nSPS) is 9.74. The maximum atomic E-state index is 11.0. The summed E-state index contributed by atoms with van der Waals surface area (Å²) in [6.07, 6.45) is 0. The van der Waals surface area contributed by atoms with E-state index in [2.05, 4.69) is 11.4 Å². The lowest BCUT2D eigenvalue weighted by Crippen LogP contribution is -2.16. The number of anilines is 1. The van der Waals surface area contributed by atoms with Crippen LogP contribution in [-0.2, 0) is 14.3 Å². The molecule has 0 aliphatic rings. The summed E-state index contributed by atoms with van der Waals surface area (Å²) in [6, 6.07) is 7.55. The number of aryl methyl sites for hydroxylation is 1. The van der Waals surface area contributed by atoms with Gasteiger partial charge in [0.2, 0.25) is 0 Å². The molecule has 0 radical (unpaired) electrons. The minimum atomic E-state index is -0.356. The Bertz CT molecular complexity index is 466. The second kappa shape index (κ2) is 8.11. The highest BCUT2D eigenvalue weighted by Crippen LogP contribution is 2.15. The zero-order valence-corrected chi connectivity index (χ0v) is 11.2. The Hall–Kier alpha value is -2.06. The van der Waals surface area contributed by atoms with E-state index in [4.69, 9.17) is 14.7 Å². The second-order valence-electron chi connectivity index (χ2n) is 3.93. The van der Waals surface area contributed by atoms with E-state index >= 15 is 0 Å². The van der Waals surface area contributed by atoms with E-state index in [1.807, 2.05) is 13.0 Å². The van der Waals surface area contributed by atoms with Crippen molar-refractivity contribution in [2.45, 2.75) is 13.8 Å². The lowest BCUT2D eigenvalue weighted by Gasteiger charge is -2.10. The van der Waals surface area contributed by atoms with E-state index in [0.717, 1.165) is 11.3 Å². The maximum Gasteiger partial charge on any atom is 0.332 e. The lowest BCUT2D eigenvalue weighted by molar-refractivity contribution is -0.148. The van der Waals surface area contributed by atoms with Gasteiger partial charge in [-0.1, -0.05) is 6.07 Å². The van der Waals surface area contributed by atoms with E-state index in [9.17, 15) is 4.79 Å². The molecule has 19 heavy (non-hydrogen) atoms. The molecule has 0 heterocycles. The highest BCUT2D eigenvalue weighted by molar-refractivity contribution is 5.70. The quantitative estimate of drug-likeness (QED) is 0.600. The predicted octanol–water partition coefficient (Wildman–Crippen LogP) is 1.86. The molecule has 1 aromatic carbocycles. The molecule has 0 amide bonds. The summed E-state index contributed by atoms with van der Waals surface area (Å²) in [7, 11) is 0. The molecule has 0 fully saturated rings. The van der Waals surface area contributed by atoms with Gasteiger partial charge in [0.15, 0.2) is 0 Å². The van der Waals surface area contributed by atoms with Crippen LogP contribution in [0.2, 0.25) is 0 Å². The van der Waals surface area contributed by atoms with Crippen LogP contribution in [0.5, 0.6) is 0 Å². The molecule has 0 aliphatic carbocycles. The van der Waals surface area contributed by atoms with Crippen LogP contribution in [0.25, 0.3) is 0 Å². The van der Waals surface area contributed by atoms with Crippen LogP contribution in [0.3, 0.4) is 0 Å². The Morgan fingerprint density at radius 3 is 2.95 bits per heavy atom. The van der Waals surface area contributed by atoms with Crippen LogP contribution in [0.4, 0.5) is 5.69 Å². The zero-order valence-electron chi connectivity index (χ0n) is 11.2. The number of hydrogen-bond donors (Lipinski definition) is 1. The Kier molecular flexibility index (Phi) is 6.41. The lowest BCUT2D eigenvalue weighted by atomic mass is 10.1. The Balaban J connectivity index is 2.30. The molecule has 102 valence electrons. The maximum absolute atomic E-state index is 11.0. The number of carbonyl (C=O) groups is 1. The van der Waals surface area contributed by atoms with Crippen molar-refractivity contribution >= 4 is 11.7 Å². The van der Waals surface area contributed by atoms with E-state index in [-0.39, 0.29) is 12.6 Å². The van der Waals surface area contributed by atoms with Gasteiger partial charge >= 0.3 is 5.97 Å². The van der Waals surface area contributed by atoms with Crippen LogP contribution in [0.15, 0.2) is 18.2 Å². The van der Waals surface area contributed by atoms with Crippen molar-refractivity contribution in [1.82, 2.24) is 0 Å². The molecule has 0 unspecified atom stereocenters. The molecule has 5 heteroatoms.